The van der Waals surface area contributed by atoms with E-state index in [1.807, 2.05) is 12.3 Å². The van der Waals surface area contributed by atoms with Crippen LogP contribution in [0.2, 0.25) is 0 Å². The van der Waals surface area contributed by atoms with Crippen LogP contribution in [0, 0.1) is 5.92 Å². The van der Waals surface area contributed by atoms with Crippen LogP contribution in [0.25, 0.3) is 0 Å². The number of nitrogens with one attached hydrogen (secondary N) is 1. The monoisotopic (exact) mass is 277 g/mol. The van der Waals surface area contributed by atoms with E-state index in [2.05, 4.69) is 55.9 Å². The summed E-state index contributed by atoms with van der Waals surface area (Å²) in [6.45, 7) is 14.3. The lowest BCUT2D eigenvalue weighted by molar-refractivity contribution is 0.157. The lowest BCUT2D eigenvalue weighted by atomic mass is 10.1. The second-order valence-corrected chi connectivity index (χ2v) is 5.84. The predicted molar refractivity (Wildman–Crippen MR) is 88.0 cm³/mol. The molecular formula is C17H31N3. The van der Waals surface area contributed by atoms with Gasteiger partial charge in [0.25, 0.3) is 0 Å². The molecule has 20 heavy (non-hydrogen) atoms. The Morgan fingerprint density at radius 3 is 2.45 bits per heavy atom. The number of pyridine rings is 1. The molecule has 0 spiro atoms. The second-order valence-electron chi connectivity index (χ2n) is 5.84. The van der Waals surface area contributed by atoms with Crippen molar-refractivity contribution in [1.82, 2.24) is 9.88 Å². The number of hydrogen-bond donors (Lipinski definition) is 1. The van der Waals surface area contributed by atoms with Crippen molar-refractivity contribution < 1.29 is 0 Å². The zero-order valence-corrected chi connectivity index (χ0v) is 13.8. The van der Waals surface area contributed by atoms with Crippen LogP contribution in [0.15, 0.2) is 18.3 Å². The highest BCUT2D eigenvalue weighted by molar-refractivity contribution is 5.43. The molecule has 0 aliphatic heterocycles. The number of rotatable bonds is 9. The molecule has 0 amide bonds. The van der Waals surface area contributed by atoms with Gasteiger partial charge in [0.05, 0.1) is 0 Å². The summed E-state index contributed by atoms with van der Waals surface area (Å²) in [5, 5.41) is 3.37. The van der Waals surface area contributed by atoms with Crippen molar-refractivity contribution in [1.29, 1.82) is 0 Å². The highest BCUT2D eigenvalue weighted by Gasteiger charge is 2.18. The first-order valence-electron chi connectivity index (χ1n) is 8.04. The predicted octanol–water partition coefficient (Wildman–Crippen LogP) is 4.16. The SMILES string of the molecule is CCNc1ncccc1CN(CC(C)C)C(CC)CC. The maximum Gasteiger partial charge on any atom is 0.130 e. The molecule has 0 aliphatic carbocycles. The fraction of sp³-hybridized carbons (Fsp3) is 0.706. The molecule has 0 fully saturated rings. The van der Waals surface area contributed by atoms with E-state index in [0.29, 0.717) is 12.0 Å². The first kappa shape index (κ1) is 17.0. The molecule has 3 nitrogen and oxygen atoms in total. The summed E-state index contributed by atoms with van der Waals surface area (Å²) in [6.07, 6.45) is 4.28. The van der Waals surface area contributed by atoms with Crippen LogP contribution in [0.5, 0.6) is 0 Å². The lowest BCUT2D eigenvalue weighted by Crippen LogP contribution is -2.37. The number of aromatic nitrogens is 1. The smallest absolute Gasteiger partial charge is 0.130 e. The van der Waals surface area contributed by atoms with Crippen molar-refractivity contribution in [2.45, 2.75) is 60.0 Å². The third-order valence-corrected chi connectivity index (χ3v) is 3.67. The summed E-state index contributed by atoms with van der Waals surface area (Å²) < 4.78 is 0. The van der Waals surface area contributed by atoms with Gasteiger partial charge >= 0.3 is 0 Å². The van der Waals surface area contributed by atoms with Crippen molar-refractivity contribution in [3.05, 3.63) is 23.9 Å². The summed E-state index contributed by atoms with van der Waals surface area (Å²) in [5.74, 6) is 1.73. The van der Waals surface area contributed by atoms with Crippen LogP contribution in [0.1, 0.15) is 53.0 Å². The Morgan fingerprint density at radius 1 is 1.20 bits per heavy atom. The van der Waals surface area contributed by atoms with Crippen LogP contribution in [-0.4, -0.2) is 29.0 Å². The second kappa shape index (κ2) is 8.96. The Balaban J connectivity index is 2.88. The van der Waals surface area contributed by atoms with Gasteiger partial charge in [-0.25, -0.2) is 4.98 Å². The van der Waals surface area contributed by atoms with Crippen molar-refractivity contribution >= 4 is 5.82 Å². The Bertz CT molecular complexity index is 372. The molecule has 3 heteroatoms. The van der Waals surface area contributed by atoms with Gasteiger partial charge in [0.15, 0.2) is 0 Å². The van der Waals surface area contributed by atoms with E-state index in [1.165, 1.54) is 18.4 Å². The maximum absolute atomic E-state index is 4.47. The van der Waals surface area contributed by atoms with Crippen molar-refractivity contribution in [2.75, 3.05) is 18.4 Å². The zero-order chi connectivity index (χ0) is 15.0. The molecular weight excluding hydrogens is 246 g/mol. The van der Waals surface area contributed by atoms with Crippen LogP contribution < -0.4 is 5.32 Å². The number of hydrogen-bond acceptors (Lipinski definition) is 3. The van der Waals surface area contributed by atoms with Gasteiger partial charge in [-0.15, -0.1) is 0 Å². The van der Waals surface area contributed by atoms with Gasteiger partial charge in [-0.2, -0.15) is 0 Å². The Morgan fingerprint density at radius 2 is 1.90 bits per heavy atom. The Labute approximate surface area is 124 Å². The Kier molecular flexibility index (Phi) is 7.60. The molecule has 1 aromatic heterocycles. The summed E-state index contributed by atoms with van der Waals surface area (Å²) in [6, 6.07) is 4.89. The molecule has 1 aromatic rings. The lowest BCUT2D eigenvalue weighted by Gasteiger charge is -2.32. The highest BCUT2D eigenvalue weighted by Crippen LogP contribution is 2.19. The molecule has 1 heterocycles. The van der Waals surface area contributed by atoms with E-state index in [0.717, 1.165) is 25.5 Å². The van der Waals surface area contributed by atoms with Gasteiger partial charge in [-0.3, -0.25) is 4.90 Å². The molecule has 0 unspecified atom stereocenters. The average molecular weight is 277 g/mol. The van der Waals surface area contributed by atoms with Gasteiger partial charge in [0.1, 0.15) is 5.82 Å². The normalized spacial score (nSPS) is 11.6. The molecule has 114 valence electrons. The molecule has 0 saturated heterocycles. The average Bonchev–Trinajstić information content (AvgIpc) is 2.42. The first-order chi connectivity index (χ1) is 9.62. The zero-order valence-electron chi connectivity index (χ0n) is 13.8. The van der Waals surface area contributed by atoms with Crippen LogP contribution >= 0.6 is 0 Å². The van der Waals surface area contributed by atoms with E-state index >= 15 is 0 Å². The van der Waals surface area contributed by atoms with Gasteiger partial charge in [0, 0.05) is 37.4 Å². The fourth-order valence-electron chi connectivity index (χ4n) is 2.73. The molecule has 1 rings (SSSR count). The largest absolute Gasteiger partial charge is 0.370 e. The van der Waals surface area contributed by atoms with E-state index < -0.39 is 0 Å². The number of anilines is 1. The standard InChI is InChI=1S/C17H31N3/c1-6-16(7-2)20(12-14(4)5)13-15-10-9-11-19-17(15)18-8-3/h9-11,14,16H,6-8,12-13H2,1-5H3,(H,18,19). The molecule has 0 saturated carbocycles. The van der Waals surface area contributed by atoms with Crippen LogP contribution in [0.3, 0.4) is 0 Å². The van der Waals surface area contributed by atoms with E-state index in [1.54, 1.807) is 0 Å². The van der Waals surface area contributed by atoms with Crippen molar-refractivity contribution in [2.24, 2.45) is 5.92 Å². The molecule has 0 bridgehead atoms. The van der Waals surface area contributed by atoms with Gasteiger partial charge < -0.3 is 5.32 Å². The summed E-state index contributed by atoms with van der Waals surface area (Å²) >= 11 is 0. The summed E-state index contributed by atoms with van der Waals surface area (Å²) in [4.78, 5) is 7.09. The minimum atomic E-state index is 0.659. The highest BCUT2D eigenvalue weighted by atomic mass is 15.2. The summed E-state index contributed by atoms with van der Waals surface area (Å²) in [7, 11) is 0. The minimum absolute atomic E-state index is 0.659. The van der Waals surface area contributed by atoms with Crippen LogP contribution in [-0.2, 0) is 6.54 Å². The molecule has 0 aliphatic rings. The third kappa shape index (κ3) is 5.12. The molecule has 0 aromatic carbocycles. The van der Waals surface area contributed by atoms with Gasteiger partial charge in [-0.1, -0.05) is 33.8 Å². The Hall–Kier alpha value is -1.09. The molecule has 0 radical (unpaired) electrons. The van der Waals surface area contributed by atoms with Crippen molar-refractivity contribution in [3.63, 3.8) is 0 Å². The maximum atomic E-state index is 4.47. The van der Waals surface area contributed by atoms with E-state index in [4.69, 9.17) is 0 Å². The molecule has 0 atom stereocenters. The van der Waals surface area contributed by atoms with E-state index in [9.17, 15) is 0 Å². The fourth-order valence-corrected chi connectivity index (χ4v) is 2.73. The quantitative estimate of drug-likeness (QED) is 0.734. The van der Waals surface area contributed by atoms with Crippen molar-refractivity contribution in [3.8, 4) is 0 Å². The first-order valence-corrected chi connectivity index (χ1v) is 8.04. The van der Waals surface area contributed by atoms with Crippen LogP contribution in [0.4, 0.5) is 5.82 Å². The topological polar surface area (TPSA) is 28.2 Å². The van der Waals surface area contributed by atoms with Gasteiger partial charge in [0.2, 0.25) is 0 Å². The minimum Gasteiger partial charge on any atom is -0.370 e. The van der Waals surface area contributed by atoms with E-state index in [-0.39, 0.29) is 0 Å². The third-order valence-electron chi connectivity index (χ3n) is 3.67. The molecule has 1 N–H and O–H groups in total. The number of nitrogens with zero attached hydrogens (tertiary/aromatic N) is 2. The van der Waals surface area contributed by atoms with Gasteiger partial charge in [-0.05, 0) is 31.7 Å². The summed E-state index contributed by atoms with van der Waals surface area (Å²) in [5.41, 5.74) is 1.31.